The van der Waals surface area contributed by atoms with E-state index < -0.39 is 0 Å². The molecule has 0 unspecified atom stereocenters. The number of fused-ring (bicyclic) bond motifs is 2. The Labute approximate surface area is 144 Å². The summed E-state index contributed by atoms with van der Waals surface area (Å²) in [5, 5.41) is 0.836. The van der Waals surface area contributed by atoms with Gasteiger partial charge < -0.3 is 9.47 Å². The molecule has 0 aliphatic carbocycles. The number of hydrogen-bond acceptors (Lipinski definition) is 2. The van der Waals surface area contributed by atoms with Gasteiger partial charge in [-0.1, -0.05) is 23.2 Å². The lowest BCUT2D eigenvalue weighted by Gasteiger charge is -2.23. The molecule has 1 heterocycles. The molecule has 7 heteroatoms. The second-order valence-electron chi connectivity index (χ2n) is 3.73. The van der Waals surface area contributed by atoms with Crippen LogP contribution in [0.5, 0.6) is 23.0 Å². The summed E-state index contributed by atoms with van der Waals surface area (Å²) in [4.78, 5) is 0. The average molecular weight is 490 g/mol. The number of ether oxygens (including phenoxy) is 2. The summed E-state index contributed by atoms with van der Waals surface area (Å²) in [6, 6.07) is 5.08. The number of rotatable bonds is 0. The maximum Gasteiger partial charge on any atom is 0.185 e. The van der Waals surface area contributed by atoms with E-state index in [9.17, 15) is 0 Å². The first-order chi connectivity index (χ1) is 8.97. The van der Waals surface area contributed by atoms with Gasteiger partial charge in [-0.25, -0.2) is 0 Å². The van der Waals surface area contributed by atoms with E-state index in [0.717, 1.165) is 13.4 Å². The molecule has 0 saturated carbocycles. The van der Waals surface area contributed by atoms with E-state index in [1.54, 1.807) is 12.1 Å². The number of hydrogen-bond donors (Lipinski definition) is 0. The van der Waals surface area contributed by atoms with Crippen molar-refractivity contribution in [3.8, 4) is 23.0 Å². The molecule has 0 bridgehead atoms. The topological polar surface area (TPSA) is 18.5 Å². The van der Waals surface area contributed by atoms with Crippen molar-refractivity contribution in [3.63, 3.8) is 0 Å². The predicted octanol–water partition coefficient (Wildman–Crippen LogP) is 7.18. The molecule has 0 atom stereocenters. The van der Waals surface area contributed by atoms with Gasteiger partial charge in [-0.05, 0) is 47.8 Å². The molecule has 19 heavy (non-hydrogen) atoms. The van der Waals surface area contributed by atoms with Crippen LogP contribution in [0.15, 0.2) is 31.6 Å². The lowest BCUT2D eigenvalue weighted by atomic mass is 10.2. The van der Waals surface area contributed by atoms with Crippen LogP contribution in [0.4, 0.5) is 0 Å². The highest BCUT2D eigenvalue weighted by molar-refractivity contribution is 9.14. The normalized spacial score (nSPS) is 12.3. The minimum atomic E-state index is 0.416. The van der Waals surface area contributed by atoms with Crippen LogP contribution in [-0.4, -0.2) is 0 Å². The van der Waals surface area contributed by atoms with Gasteiger partial charge >= 0.3 is 0 Å². The molecule has 0 saturated heterocycles. The summed E-state index contributed by atoms with van der Waals surface area (Å²) < 4.78 is 14.1. The van der Waals surface area contributed by atoms with E-state index >= 15 is 0 Å². The highest BCUT2D eigenvalue weighted by Gasteiger charge is 2.25. The lowest BCUT2D eigenvalue weighted by molar-refractivity contribution is 0.357. The molecule has 98 valence electrons. The van der Waals surface area contributed by atoms with Crippen molar-refractivity contribution in [2.45, 2.75) is 0 Å². The van der Waals surface area contributed by atoms with Gasteiger partial charge in [-0.2, -0.15) is 0 Å². The van der Waals surface area contributed by atoms with Crippen molar-refractivity contribution in [2.75, 3.05) is 0 Å². The summed E-state index contributed by atoms with van der Waals surface area (Å²) in [5.41, 5.74) is 0. The van der Waals surface area contributed by atoms with Crippen LogP contribution in [0.3, 0.4) is 0 Å². The summed E-state index contributed by atoms with van der Waals surface area (Å²) in [7, 11) is 0. The van der Waals surface area contributed by atoms with Gasteiger partial charge in [0, 0.05) is 27.1 Å². The predicted molar refractivity (Wildman–Crippen MR) is 86.2 cm³/mol. The lowest BCUT2D eigenvalue weighted by Crippen LogP contribution is -2.00. The maximum atomic E-state index is 5.97. The van der Waals surface area contributed by atoms with Crippen molar-refractivity contribution in [1.82, 2.24) is 0 Å². The zero-order valence-electron chi connectivity index (χ0n) is 8.94. The first kappa shape index (κ1) is 14.0. The molecule has 2 aromatic rings. The van der Waals surface area contributed by atoms with Gasteiger partial charge in [-0.15, -0.1) is 0 Å². The van der Waals surface area contributed by atoms with E-state index in [1.165, 1.54) is 0 Å². The van der Waals surface area contributed by atoms with Crippen LogP contribution < -0.4 is 9.47 Å². The zero-order chi connectivity index (χ0) is 13.7. The Morgan fingerprint density at radius 1 is 0.737 bits per heavy atom. The summed E-state index contributed by atoms with van der Waals surface area (Å²) >= 11 is 22.3. The number of halogens is 5. The molecular weight excluding hydrogens is 487 g/mol. The Morgan fingerprint density at radius 3 is 1.95 bits per heavy atom. The van der Waals surface area contributed by atoms with Crippen molar-refractivity contribution in [3.05, 3.63) is 41.7 Å². The third-order valence-electron chi connectivity index (χ3n) is 2.50. The average Bonchev–Trinajstić information content (AvgIpc) is 2.37. The fourth-order valence-electron chi connectivity index (χ4n) is 1.63. The van der Waals surface area contributed by atoms with E-state index in [1.807, 2.05) is 6.07 Å². The molecule has 0 amide bonds. The molecule has 0 spiro atoms. The quantitative estimate of drug-likeness (QED) is 0.311. The van der Waals surface area contributed by atoms with Gasteiger partial charge in [0.15, 0.2) is 23.0 Å². The van der Waals surface area contributed by atoms with Crippen LogP contribution in [0.2, 0.25) is 10.0 Å². The molecule has 1 aliphatic heterocycles. The van der Waals surface area contributed by atoms with Crippen LogP contribution in [-0.2, 0) is 0 Å². The Balaban J connectivity index is 2.17. The van der Waals surface area contributed by atoms with E-state index in [4.69, 9.17) is 32.7 Å². The molecule has 0 aromatic heterocycles. The van der Waals surface area contributed by atoms with Gasteiger partial charge in [0.05, 0.1) is 14.5 Å². The fraction of sp³-hybridized carbons (Fsp3) is 0. The minimum absolute atomic E-state index is 0.416. The minimum Gasteiger partial charge on any atom is -0.449 e. The fourth-order valence-corrected chi connectivity index (χ4v) is 3.39. The van der Waals surface area contributed by atoms with E-state index in [-0.39, 0.29) is 0 Å². The Morgan fingerprint density at radius 2 is 1.32 bits per heavy atom. The SMILES string of the molecule is Clc1cc2c(cc1Cl)Oc1c(cc(Br)c(Br)c1Br)O2. The smallest absolute Gasteiger partial charge is 0.185 e. The second-order valence-corrected chi connectivity index (χ2v) is 6.99. The highest BCUT2D eigenvalue weighted by Crippen LogP contribution is 2.53. The highest BCUT2D eigenvalue weighted by atomic mass is 79.9. The monoisotopic (exact) mass is 486 g/mol. The molecule has 1 aliphatic rings. The van der Waals surface area contributed by atoms with Crippen LogP contribution >= 0.6 is 71.0 Å². The van der Waals surface area contributed by atoms with Crippen molar-refractivity contribution in [1.29, 1.82) is 0 Å². The van der Waals surface area contributed by atoms with Gasteiger partial charge in [0.2, 0.25) is 0 Å². The van der Waals surface area contributed by atoms with Crippen molar-refractivity contribution < 1.29 is 9.47 Å². The number of benzene rings is 2. The molecule has 0 N–H and O–H groups in total. The molecule has 2 nitrogen and oxygen atoms in total. The van der Waals surface area contributed by atoms with Crippen LogP contribution in [0.25, 0.3) is 0 Å². The van der Waals surface area contributed by atoms with Crippen LogP contribution in [0, 0.1) is 0 Å². The summed E-state index contributed by atoms with van der Waals surface area (Å²) in [5.74, 6) is 2.23. The summed E-state index contributed by atoms with van der Waals surface area (Å²) in [6.07, 6.45) is 0. The van der Waals surface area contributed by atoms with Gasteiger partial charge in [0.25, 0.3) is 0 Å². The largest absolute Gasteiger partial charge is 0.449 e. The first-order valence-electron chi connectivity index (χ1n) is 4.99. The van der Waals surface area contributed by atoms with Crippen molar-refractivity contribution in [2.24, 2.45) is 0 Å². The first-order valence-corrected chi connectivity index (χ1v) is 8.13. The third-order valence-corrected chi connectivity index (χ3v) is 6.49. The Kier molecular flexibility index (Phi) is 3.77. The van der Waals surface area contributed by atoms with E-state index in [0.29, 0.717) is 33.0 Å². The zero-order valence-corrected chi connectivity index (χ0v) is 15.2. The van der Waals surface area contributed by atoms with Gasteiger partial charge in [-0.3, -0.25) is 0 Å². The molecule has 0 fully saturated rings. The molecule has 0 radical (unpaired) electrons. The molecule has 2 aromatic carbocycles. The Hall–Kier alpha value is 0.0600. The maximum absolute atomic E-state index is 5.97. The standard InChI is InChI=1S/C12H3Br3Cl2O2/c13-4-1-9-12(11(15)10(4)14)19-8-3-6(17)5(16)2-7(8)18-9/h1-3H. The Bertz CT molecular complexity index is 704. The molecular formula is C12H3Br3Cl2O2. The third kappa shape index (κ3) is 2.40. The molecule has 3 rings (SSSR count). The van der Waals surface area contributed by atoms with Gasteiger partial charge in [0.1, 0.15) is 0 Å². The summed E-state index contributed by atoms with van der Waals surface area (Å²) in [6.45, 7) is 0. The van der Waals surface area contributed by atoms with E-state index in [2.05, 4.69) is 47.8 Å². The van der Waals surface area contributed by atoms with Crippen LogP contribution in [0.1, 0.15) is 0 Å². The van der Waals surface area contributed by atoms with Crippen molar-refractivity contribution >= 4 is 71.0 Å². The second kappa shape index (κ2) is 5.11.